The number of hydrogen-bond donors (Lipinski definition) is 1. The number of methoxy groups -OCH3 is 1. The molecule has 0 aromatic heterocycles. The highest BCUT2D eigenvalue weighted by Gasteiger charge is 2.01. The zero-order chi connectivity index (χ0) is 13.4. The lowest BCUT2D eigenvalue weighted by molar-refractivity contribution is 0.414. The molecule has 18 heavy (non-hydrogen) atoms. The van der Waals surface area contributed by atoms with Crippen molar-refractivity contribution in [1.82, 2.24) is 5.32 Å². The fraction of sp³-hybridized carbons (Fsp3) is 0.500. The van der Waals surface area contributed by atoms with Gasteiger partial charge in [-0.25, -0.2) is 0 Å². The molecule has 0 saturated heterocycles. The number of rotatable bonds is 7. The van der Waals surface area contributed by atoms with Gasteiger partial charge in [0.15, 0.2) is 0 Å². The summed E-state index contributed by atoms with van der Waals surface area (Å²) in [5, 5.41) is 3.41. The Morgan fingerprint density at radius 2 is 2.11 bits per heavy atom. The number of ether oxygens (including phenoxy) is 1. The summed E-state index contributed by atoms with van der Waals surface area (Å²) in [6.07, 6.45) is 4.58. The largest absolute Gasteiger partial charge is 0.497 e. The van der Waals surface area contributed by atoms with E-state index in [1.165, 1.54) is 23.1 Å². The lowest BCUT2D eigenvalue weighted by Crippen LogP contribution is -2.15. The Bertz CT molecular complexity index is 396. The molecule has 0 bridgehead atoms. The van der Waals surface area contributed by atoms with Crippen LogP contribution in [-0.2, 0) is 0 Å². The van der Waals surface area contributed by atoms with Gasteiger partial charge in [0.05, 0.1) is 7.11 Å². The predicted octanol–water partition coefficient (Wildman–Crippen LogP) is 3.80. The summed E-state index contributed by atoms with van der Waals surface area (Å²) < 4.78 is 5.23. The summed E-state index contributed by atoms with van der Waals surface area (Å²) in [5.41, 5.74) is 3.92. The van der Waals surface area contributed by atoms with E-state index in [4.69, 9.17) is 4.74 Å². The van der Waals surface area contributed by atoms with Gasteiger partial charge in [-0.2, -0.15) is 0 Å². The van der Waals surface area contributed by atoms with Crippen molar-refractivity contribution in [3.05, 3.63) is 35.4 Å². The molecule has 0 aliphatic carbocycles. The Morgan fingerprint density at radius 3 is 2.72 bits per heavy atom. The quantitative estimate of drug-likeness (QED) is 0.740. The van der Waals surface area contributed by atoms with Crippen LogP contribution in [0.4, 0.5) is 0 Å². The van der Waals surface area contributed by atoms with Crippen molar-refractivity contribution in [3.63, 3.8) is 0 Å². The molecule has 0 atom stereocenters. The zero-order valence-corrected chi connectivity index (χ0v) is 12.0. The summed E-state index contributed by atoms with van der Waals surface area (Å²) in [4.78, 5) is 0. The molecular formula is C16H25NO. The van der Waals surface area contributed by atoms with E-state index >= 15 is 0 Å². The zero-order valence-electron chi connectivity index (χ0n) is 12.0. The molecule has 0 saturated carbocycles. The maximum atomic E-state index is 5.23. The minimum atomic E-state index is 0.925. The van der Waals surface area contributed by atoms with Gasteiger partial charge in [0.2, 0.25) is 0 Å². The minimum absolute atomic E-state index is 0.925. The Kier molecular flexibility index (Phi) is 6.51. The summed E-state index contributed by atoms with van der Waals surface area (Å²) >= 11 is 0. The van der Waals surface area contributed by atoms with Gasteiger partial charge in [-0.1, -0.05) is 19.1 Å². The second-order valence-electron chi connectivity index (χ2n) is 4.61. The molecule has 1 N–H and O–H groups in total. The van der Waals surface area contributed by atoms with E-state index in [0.717, 1.165) is 25.3 Å². The molecule has 0 fully saturated rings. The van der Waals surface area contributed by atoms with Gasteiger partial charge < -0.3 is 10.1 Å². The van der Waals surface area contributed by atoms with Gasteiger partial charge >= 0.3 is 0 Å². The molecule has 1 aromatic rings. The fourth-order valence-electron chi connectivity index (χ4n) is 2.01. The lowest BCUT2D eigenvalue weighted by atomic mass is 10.0. The topological polar surface area (TPSA) is 21.3 Å². The molecule has 0 heterocycles. The van der Waals surface area contributed by atoms with Crippen LogP contribution < -0.4 is 10.1 Å². The third-order valence-corrected chi connectivity index (χ3v) is 3.06. The van der Waals surface area contributed by atoms with E-state index in [0.29, 0.717) is 0 Å². The van der Waals surface area contributed by atoms with E-state index < -0.39 is 0 Å². The Balaban J connectivity index is 2.60. The van der Waals surface area contributed by atoms with Gasteiger partial charge in [-0.3, -0.25) is 0 Å². The average molecular weight is 247 g/mol. The summed E-state index contributed by atoms with van der Waals surface area (Å²) in [7, 11) is 1.70. The normalized spacial score (nSPS) is 11.7. The second-order valence-corrected chi connectivity index (χ2v) is 4.61. The van der Waals surface area contributed by atoms with E-state index in [2.05, 4.69) is 44.3 Å². The first kappa shape index (κ1) is 14.8. The SMILES string of the molecule is CCCNCCC=C(C)c1ccc(OC)cc1C. The number of benzene rings is 1. The molecule has 2 nitrogen and oxygen atoms in total. The molecule has 2 heteroatoms. The molecule has 0 unspecified atom stereocenters. The van der Waals surface area contributed by atoms with Crippen LogP contribution in [0.15, 0.2) is 24.3 Å². The van der Waals surface area contributed by atoms with Crippen molar-refractivity contribution in [1.29, 1.82) is 0 Å². The number of hydrogen-bond acceptors (Lipinski definition) is 2. The second kappa shape index (κ2) is 7.93. The first-order chi connectivity index (χ1) is 8.69. The van der Waals surface area contributed by atoms with Crippen molar-refractivity contribution in [3.8, 4) is 5.75 Å². The summed E-state index contributed by atoms with van der Waals surface area (Å²) in [5.74, 6) is 0.925. The standard InChI is InChI=1S/C16H25NO/c1-5-10-17-11-6-7-13(2)16-9-8-15(18-4)12-14(16)3/h7-9,12,17H,5-6,10-11H2,1-4H3. The molecule has 0 aliphatic rings. The highest BCUT2D eigenvalue weighted by molar-refractivity contribution is 5.67. The van der Waals surface area contributed by atoms with Crippen LogP contribution in [0, 0.1) is 6.92 Å². The van der Waals surface area contributed by atoms with Crippen molar-refractivity contribution < 1.29 is 4.74 Å². The van der Waals surface area contributed by atoms with Crippen LogP contribution in [0.5, 0.6) is 5.75 Å². The first-order valence-electron chi connectivity index (χ1n) is 6.71. The van der Waals surface area contributed by atoms with Crippen LogP contribution in [0.1, 0.15) is 37.8 Å². The van der Waals surface area contributed by atoms with E-state index in [9.17, 15) is 0 Å². The van der Waals surface area contributed by atoms with E-state index in [1.54, 1.807) is 7.11 Å². The molecule has 100 valence electrons. The van der Waals surface area contributed by atoms with Crippen LogP contribution in [0.3, 0.4) is 0 Å². The lowest BCUT2D eigenvalue weighted by Gasteiger charge is -2.09. The van der Waals surface area contributed by atoms with Gasteiger partial charge in [0, 0.05) is 0 Å². The minimum Gasteiger partial charge on any atom is -0.497 e. The molecule has 0 spiro atoms. The van der Waals surface area contributed by atoms with Crippen molar-refractivity contribution in [2.45, 2.75) is 33.6 Å². The Hall–Kier alpha value is -1.28. The van der Waals surface area contributed by atoms with E-state index in [1.807, 2.05) is 6.07 Å². The third kappa shape index (κ3) is 4.53. The monoisotopic (exact) mass is 247 g/mol. The molecular weight excluding hydrogens is 222 g/mol. The van der Waals surface area contributed by atoms with Gasteiger partial charge in [0.25, 0.3) is 0 Å². The van der Waals surface area contributed by atoms with E-state index in [-0.39, 0.29) is 0 Å². The molecule has 0 radical (unpaired) electrons. The van der Waals surface area contributed by atoms with Gasteiger partial charge in [-0.05, 0) is 68.6 Å². The molecule has 0 aliphatic heterocycles. The van der Waals surface area contributed by atoms with Crippen LogP contribution in [0.2, 0.25) is 0 Å². The smallest absolute Gasteiger partial charge is 0.119 e. The molecule has 0 amide bonds. The highest BCUT2D eigenvalue weighted by atomic mass is 16.5. The number of aryl methyl sites for hydroxylation is 1. The summed E-state index contributed by atoms with van der Waals surface area (Å²) in [6, 6.07) is 6.25. The average Bonchev–Trinajstić information content (AvgIpc) is 2.38. The molecule has 1 rings (SSSR count). The Labute approximate surface area is 111 Å². The predicted molar refractivity (Wildman–Crippen MR) is 79.2 cm³/mol. The fourth-order valence-corrected chi connectivity index (χ4v) is 2.01. The van der Waals surface area contributed by atoms with Crippen LogP contribution >= 0.6 is 0 Å². The van der Waals surface area contributed by atoms with Crippen molar-refractivity contribution in [2.24, 2.45) is 0 Å². The third-order valence-electron chi connectivity index (χ3n) is 3.06. The van der Waals surface area contributed by atoms with Gasteiger partial charge in [-0.15, -0.1) is 0 Å². The van der Waals surface area contributed by atoms with Crippen molar-refractivity contribution in [2.75, 3.05) is 20.2 Å². The molecule has 1 aromatic carbocycles. The first-order valence-corrected chi connectivity index (χ1v) is 6.71. The van der Waals surface area contributed by atoms with Crippen molar-refractivity contribution >= 4 is 5.57 Å². The van der Waals surface area contributed by atoms with Crippen LogP contribution in [0.25, 0.3) is 5.57 Å². The Morgan fingerprint density at radius 1 is 1.33 bits per heavy atom. The van der Waals surface area contributed by atoms with Crippen LogP contribution in [-0.4, -0.2) is 20.2 Å². The van der Waals surface area contributed by atoms with Gasteiger partial charge in [0.1, 0.15) is 5.75 Å². The maximum absolute atomic E-state index is 5.23. The summed E-state index contributed by atoms with van der Waals surface area (Å²) in [6.45, 7) is 8.66. The number of allylic oxidation sites excluding steroid dienone is 1. The highest BCUT2D eigenvalue weighted by Crippen LogP contribution is 2.23. The maximum Gasteiger partial charge on any atom is 0.119 e. The number of nitrogens with one attached hydrogen (secondary N) is 1.